The van der Waals surface area contributed by atoms with Gasteiger partial charge in [-0.25, -0.2) is 8.42 Å². The molecule has 1 aliphatic heterocycles. The van der Waals surface area contributed by atoms with Crippen molar-refractivity contribution in [1.82, 2.24) is 9.62 Å². The van der Waals surface area contributed by atoms with Gasteiger partial charge in [-0.1, -0.05) is 19.8 Å². The highest BCUT2D eigenvalue weighted by Gasteiger charge is 2.37. The van der Waals surface area contributed by atoms with E-state index >= 15 is 0 Å². The first-order valence-corrected chi connectivity index (χ1v) is 9.00. The van der Waals surface area contributed by atoms with Gasteiger partial charge in [-0.2, -0.15) is 4.31 Å². The Morgan fingerprint density at radius 3 is 2.58 bits per heavy atom. The second-order valence-corrected chi connectivity index (χ2v) is 7.94. The second kappa shape index (κ2) is 5.79. The number of sulfonamides is 1. The minimum Gasteiger partial charge on any atom is -0.352 e. The number of carbonyl (C=O) groups excluding carboxylic acids is 1. The van der Waals surface area contributed by atoms with Gasteiger partial charge in [-0.15, -0.1) is 0 Å². The van der Waals surface area contributed by atoms with E-state index in [1.165, 1.54) is 17.0 Å². The summed E-state index contributed by atoms with van der Waals surface area (Å²) in [4.78, 5) is 12.3. The van der Waals surface area contributed by atoms with Crippen LogP contribution in [-0.2, 0) is 14.8 Å². The number of hydrogen-bond acceptors (Lipinski definition) is 3. The molecule has 3 atom stereocenters. The van der Waals surface area contributed by atoms with Crippen molar-refractivity contribution in [1.29, 1.82) is 0 Å². The summed E-state index contributed by atoms with van der Waals surface area (Å²) in [7, 11) is -3.28. The van der Waals surface area contributed by atoms with Crippen LogP contribution in [0.5, 0.6) is 0 Å². The van der Waals surface area contributed by atoms with Crippen LogP contribution in [0.15, 0.2) is 0 Å². The van der Waals surface area contributed by atoms with E-state index < -0.39 is 16.1 Å². The summed E-state index contributed by atoms with van der Waals surface area (Å²) in [6.45, 7) is 2.68. The fraction of sp³-hybridized carbons (Fsp3) is 0.923. The molecule has 0 aromatic carbocycles. The van der Waals surface area contributed by atoms with Crippen molar-refractivity contribution in [2.24, 2.45) is 5.92 Å². The first-order valence-electron chi connectivity index (χ1n) is 7.15. The Morgan fingerprint density at radius 2 is 1.95 bits per heavy atom. The number of nitrogens with one attached hydrogen (secondary N) is 1. The number of carbonyl (C=O) groups is 1. The molecule has 0 radical (unpaired) electrons. The zero-order chi connectivity index (χ0) is 14.0. The molecule has 1 heterocycles. The van der Waals surface area contributed by atoms with Crippen molar-refractivity contribution in [2.75, 3.05) is 12.8 Å². The fourth-order valence-corrected chi connectivity index (χ4v) is 4.39. The Balaban J connectivity index is 1.95. The summed E-state index contributed by atoms with van der Waals surface area (Å²) in [5.74, 6) is 0.538. The molecule has 6 heteroatoms. The van der Waals surface area contributed by atoms with Crippen molar-refractivity contribution in [2.45, 2.75) is 57.5 Å². The maximum Gasteiger partial charge on any atom is 0.238 e. The normalized spacial score (nSPS) is 33.3. The van der Waals surface area contributed by atoms with E-state index in [9.17, 15) is 13.2 Å². The highest BCUT2D eigenvalue weighted by Crippen LogP contribution is 2.25. The van der Waals surface area contributed by atoms with Crippen molar-refractivity contribution in [3.63, 3.8) is 0 Å². The van der Waals surface area contributed by atoms with E-state index in [-0.39, 0.29) is 11.9 Å². The minimum atomic E-state index is -3.28. The standard InChI is InChI=1S/C13H24N2O3S/c1-10-5-3-6-11(9-10)14-13(16)12-7-4-8-15(12)19(2,17)18/h10-12H,3-9H2,1-2H3,(H,14,16). The summed E-state index contributed by atoms with van der Waals surface area (Å²) in [6, 6.07) is -0.273. The molecule has 2 rings (SSSR count). The monoisotopic (exact) mass is 288 g/mol. The molecule has 2 aliphatic rings. The maximum atomic E-state index is 12.3. The predicted molar refractivity (Wildman–Crippen MR) is 74.1 cm³/mol. The molecule has 110 valence electrons. The third-order valence-electron chi connectivity index (χ3n) is 4.22. The van der Waals surface area contributed by atoms with Gasteiger partial charge in [0.15, 0.2) is 0 Å². The Morgan fingerprint density at radius 1 is 1.21 bits per heavy atom. The number of hydrogen-bond donors (Lipinski definition) is 1. The van der Waals surface area contributed by atoms with Crippen molar-refractivity contribution in [3.05, 3.63) is 0 Å². The summed E-state index contributed by atoms with van der Waals surface area (Å²) < 4.78 is 24.6. The lowest BCUT2D eigenvalue weighted by Crippen LogP contribution is -2.49. The molecule has 0 bridgehead atoms. The zero-order valence-electron chi connectivity index (χ0n) is 11.8. The van der Waals surface area contributed by atoms with Gasteiger partial charge in [0.1, 0.15) is 6.04 Å². The average Bonchev–Trinajstić information content (AvgIpc) is 2.77. The summed E-state index contributed by atoms with van der Waals surface area (Å²) in [5.41, 5.74) is 0. The third-order valence-corrected chi connectivity index (χ3v) is 5.50. The Hall–Kier alpha value is -0.620. The molecule has 2 fully saturated rings. The third kappa shape index (κ3) is 3.69. The molecule has 0 aromatic rings. The molecular weight excluding hydrogens is 264 g/mol. The second-order valence-electron chi connectivity index (χ2n) is 6.01. The van der Waals surface area contributed by atoms with Gasteiger partial charge in [0, 0.05) is 12.6 Å². The average molecular weight is 288 g/mol. The van der Waals surface area contributed by atoms with Crippen LogP contribution in [0.25, 0.3) is 0 Å². The lowest BCUT2D eigenvalue weighted by atomic mass is 9.87. The lowest BCUT2D eigenvalue weighted by Gasteiger charge is -2.29. The number of rotatable bonds is 3. The molecule has 0 aromatic heterocycles. The van der Waals surface area contributed by atoms with Crippen LogP contribution in [-0.4, -0.2) is 43.5 Å². The molecule has 1 N–H and O–H groups in total. The molecule has 1 saturated heterocycles. The van der Waals surface area contributed by atoms with Gasteiger partial charge in [-0.05, 0) is 31.6 Å². The molecule has 0 spiro atoms. The fourth-order valence-electron chi connectivity index (χ4n) is 3.26. The Kier molecular flexibility index (Phi) is 4.50. The molecule has 1 saturated carbocycles. The van der Waals surface area contributed by atoms with Crippen LogP contribution < -0.4 is 5.32 Å². The van der Waals surface area contributed by atoms with Gasteiger partial charge in [0.05, 0.1) is 6.26 Å². The van der Waals surface area contributed by atoms with Crippen LogP contribution in [0.1, 0.15) is 45.4 Å². The smallest absolute Gasteiger partial charge is 0.238 e. The molecule has 1 amide bonds. The first kappa shape index (κ1) is 14.8. The van der Waals surface area contributed by atoms with E-state index in [1.807, 2.05) is 0 Å². The molecule has 19 heavy (non-hydrogen) atoms. The SMILES string of the molecule is CC1CCCC(NC(=O)C2CCCN2S(C)(=O)=O)C1. The van der Waals surface area contributed by atoms with Gasteiger partial charge >= 0.3 is 0 Å². The Bertz CT molecular complexity index is 435. The Labute approximate surface area is 115 Å². The minimum absolute atomic E-state index is 0.109. The highest BCUT2D eigenvalue weighted by molar-refractivity contribution is 7.88. The zero-order valence-corrected chi connectivity index (χ0v) is 12.6. The van der Waals surface area contributed by atoms with Gasteiger partial charge in [-0.3, -0.25) is 4.79 Å². The van der Waals surface area contributed by atoms with Crippen LogP contribution in [0.3, 0.4) is 0 Å². The number of nitrogens with zero attached hydrogens (tertiary/aromatic N) is 1. The van der Waals surface area contributed by atoms with Crippen LogP contribution >= 0.6 is 0 Å². The van der Waals surface area contributed by atoms with Gasteiger partial charge < -0.3 is 5.32 Å². The molecular formula is C13H24N2O3S. The lowest BCUT2D eigenvalue weighted by molar-refractivity contribution is -0.125. The van der Waals surface area contributed by atoms with Crippen molar-refractivity contribution < 1.29 is 13.2 Å². The largest absolute Gasteiger partial charge is 0.352 e. The van der Waals surface area contributed by atoms with E-state index in [1.54, 1.807) is 0 Å². The summed E-state index contributed by atoms with van der Waals surface area (Å²) in [6.07, 6.45) is 6.99. The van der Waals surface area contributed by atoms with E-state index in [0.29, 0.717) is 18.9 Å². The first-order chi connectivity index (χ1) is 8.88. The highest BCUT2D eigenvalue weighted by atomic mass is 32.2. The molecule has 5 nitrogen and oxygen atoms in total. The summed E-state index contributed by atoms with van der Waals surface area (Å²) >= 11 is 0. The topological polar surface area (TPSA) is 66.5 Å². The number of amides is 1. The van der Waals surface area contributed by atoms with E-state index in [0.717, 1.165) is 25.7 Å². The van der Waals surface area contributed by atoms with Crippen LogP contribution in [0, 0.1) is 5.92 Å². The maximum absolute atomic E-state index is 12.3. The van der Waals surface area contributed by atoms with Gasteiger partial charge in [0.25, 0.3) is 0 Å². The van der Waals surface area contributed by atoms with Crippen LogP contribution in [0.2, 0.25) is 0 Å². The van der Waals surface area contributed by atoms with E-state index in [4.69, 9.17) is 0 Å². The van der Waals surface area contributed by atoms with Gasteiger partial charge in [0.2, 0.25) is 15.9 Å². The predicted octanol–water partition coefficient (Wildman–Crippen LogP) is 1.11. The van der Waals surface area contributed by atoms with E-state index in [2.05, 4.69) is 12.2 Å². The summed E-state index contributed by atoms with van der Waals surface area (Å²) in [5, 5.41) is 3.05. The van der Waals surface area contributed by atoms with Crippen LogP contribution in [0.4, 0.5) is 0 Å². The molecule has 3 unspecified atom stereocenters. The molecule has 1 aliphatic carbocycles. The van der Waals surface area contributed by atoms with Crippen molar-refractivity contribution in [3.8, 4) is 0 Å². The van der Waals surface area contributed by atoms with Crippen molar-refractivity contribution >= 4 is 15.9 Å². The quantitative estimate of drug-likeness (QED) is 0.846.